The van der Waals surface area contributed by atoms with Crippen molar-refractivity contribution < 1.29 is 14.3 Å². The third-order valence-corrected chi connectivity index (χ3v) is 4.40. The molecule has 5 heteroatoms. The highest BCUT2D eigenvalue weighted by molar-refractivity contribution is 6.32. The Morgan fingerprint density at radius 2 is 1.64 bits per heavy atom. The minimum atomic E-state index is -0.261. The van der Waals surface area contributed by atoms with Crippen LogP contribution in [0, 0.1) is 0 Å². The van der Waals surface area contributed by atoms with Gasteiger partial charge in [0.2, 0.25) is 0 Å². The van der Waals surface area contributed by atoms with Gasteiger partial charge >= 0.3 is 0 Å². The number of carbonyl (C=O) groups is 1. The van der Waals surface area contributed by atoms with Gasteiger partial charge in [-0.05, 0) is 47.5 Å². The van der Waals surface area contributed by atoms with Crippen molar-refractivity contribution in [3.05, 3.63) is 88.9 Å². The van der Waals surface area contributed by atoms with E-state index in [9.17, 15) is 4.79 Å². The molecule has 0 aromatic heterocycles. The minimum Gasteiger partial charge on any atom is -0.497 e. The standard InChI is InChI=1S/C23H20ClNO3/c1-27-19-11-8-16(9-12-19)14-20(17-6-4-3-5-7-17)23(26)25-21-15-18(24)10-13-22(21)28-2/h3-15H,1-2H3,(H,25,26). The second-order valence-electron chi connectivity index (χ2n) is 6.00. The first-order valence-corrected chi connectivity index (χ1v) is 9.04. The molecule has 0 heterocycles. The largest absolute Gasteiger partial charge is 0.497 e. The van der Waals surface area contributed by atoms with Crippen LogP contribution in [0.4, 0.5) is 5.69 Å². The van der Waals surface area contributed by atoms with Gasteiger partial charge in [0.05, 0.1) is 19.9 Å². The van der Waals surface area contributed by atoms with Gasteiger partial charge in [-0.15, -0.1) is 0 Å². The van der Waals surface area contributed by atoms with Crippen LogP contribution in [0.25, 0.3) is 11.6 Å². The van der Waals surface area contributed by atoms with Gasteiger partial charge in [-0.2, -0.15) is 0 Å². The quantitative estimate of drug-likeness (QED) is 0.442. The van der Waals surface area contributed by atoms with Gasteiger partial charge in [0, 0.05) is 10.6 Å². The molecule has 0 aliphatic carbocycles. The van der Waals surface area contributed by atoms with Gasteiger partial charge in [0.25, 0.3) is 5.91 Å². The van der Waals surface area contributed by atoms with Crippen LogP contribution >= 0.6 is 11.6 Å². The first-order chi connectivity index (χ1) is 13.6. The molecule has 4 nitrogen and oxygen atoms in total. The molecule has 0 fully saturated rings. The number of benzene rings is 3. The fourth-order valence-corrected chi connectivity index (χ4v) is 2.90. The molecular weight excluding hydrogens is 374 g/mol. The molecule has 3 aromatic rings. The molecule has 142 valence electrons. The summed E-state index contributed by atoms with van der Waals surface area (Å²) in [6.45, 7) is 0. The van der Waals surface area contributed by atoms with Crippen LogP contribution < -0.4 is 14.8 Å². The Morgan fingerprint density at radius 3 is 2.29 bits per heavy atom. The topological polar surface area (TPSA) is 47.6 Å². The maximum Gasteiger partial charge on any atom is 0.256 e. The van der Waals surface area contributed by atoms with Crippen LogP contribution in [0.2, 0.25) is 5.02 Å². The van der Waals surface area contributed by atoms with Crippen molar-refractivity contribution in [2.75, 3.05) is 19.5 Å². The predicted octanol–water partition coefficient (Wildman–Crippen LogP) is 5.54. The van der Waals surface area contributed by atoms with E-state index < -0.39 is 0 Å². The Morgan fingerprint density at radius 1 is 0.929 bits per heavy atom. The summed E-state index contributed by atoms with van der Waals surface area (Å²) in [7, 11) is 3.16. The van der Waals surface area contributed by atoms with E-state index in [2.05, 4.69) is 5.32 Å². The van der Waals surface area contributed by atoms with Crippen molar-refractivity contribution in [3.8, 4) is 11.5 Å². The van der Waals surface area contributed by atoms with Gasteiger partial charge in [-0.1, -0.05) is 54.1 Å². The molecule has 28 heavy (non-hydrogen) atoms. The van der Waals surface area contributed by atoms with Crippen LogP contribution in [0.5, 0.6) is 11.5 Å². The van der Waals surface area contributed by atoms with Crippen molar-refractivity contribution in [2.24, 2.45) is 0 Å². The Balaban J connectivity index is 1.98. The summed E-state index contributed by atoms with van der Waals surface area (Å²) in [5, 5.41) is 3.41. The lowest BCUT2D eigenvalue weighted by atomic mass is 10.0. The summed E-state index contributed by atoms with van der Waals surface area (Å²) < 4.78 is 10.5. The highest BCUT2D eigenvalue weighted by atomic mass is 35.5. The van der Waals surface area contributed by atoms with E-state index in [1.54, 1.807) is 32.4 Å². The van der Waals surface area contributed by atoms with E-state index >= 15 is 0 Å². The average molecular weight is 394 g/mol. The zero-order chi connectivity index (χ0) is 19.9. The molecule has 0 spiro atoms. The number of methoxy groups -OCH3 is 2. The molecule has 3 rings (SSSR count). The third kappa shape index (κ3) is 4.72. The minimum absolute atomic E-state index is 0.261. The lowest BCUT2D eigenvalue weighted by molar-refractivity contribution is -0.111. The lowest BCUT2D eigenvalue weighted by Gasteiger charge is -2.13. The van der Waals surface area contributed by atoms with E-state index in [1.807, 2.05) is 60.7 Å². The number of ether oxygens (including phenoxy) is 2. The third-order valence-electron chi connectivity index (χ3n) is 4.17. The second kappa shape index (κ2) is 9.11. The summed E-state index contributed by atoms with van der Waals surface area (Å²) >= 11 is 6.08. The van der Waals surface area contributed by atoms with Gasteiger partial charge in [0.1, 0.15) is 11.5 Å². The van der Waals surface area contributed by atoms with E-state index in [0.29, 0.717) is 22.0 Å². The maximum atomic E-state index is 13.1. The van der Waals surface area contributed by atoms with Crippen LogP contribution in [-0.4, -0.2) is 20.1 Å². The van der Waals surface area contributed by atoms with Crippen molar-refractivity contribution >= 4 is 34.8 Å². The lowest BCUT2D eigenvalue weighted by Crippen LogP contribution is -2.14. The highest BCUT2D eigenvalue weighted by Gasteiger charge is 2.15. The molecule has 0 bridgehead atoms. The molecule has 0 unspecified atom stereocenters. The molecule has 0 aliphatic heterocycles. The number of hydrogen-bond acceptors (Lipinski definition) is 3. The molecule has 1 amide bonds. The number of amides is 1. The van der Waals surface area contributed by atoms with E-state index in [4.69, 9.17) is 21.1 Å². The van der Waals surface area contributed by atoms with Crippen molar-refractivity contribution in [1.29, 1.82) is 0 Å². The highest BCUT2D eigenvalue weighted by Crippen LogP contribution is 2.29. The van der Waals surface area contributed by atoms with Gasteiger partial charge < -0.3 is 14.8 Å². The molecule has 3 aromatic carbocycles. The van der Waals surface area contributed by atoms with E-state index in [1.165, 1.54) is 0 Å². The molecule has 0 saturated heterocycles. The molecule has 1 N–H and O–H groups in total. The Hall–Kier alpha value is -3.24. The summed E-state index contributed by atoms with van der Waals surface area (Å²) in [4.78, 5) is 13.1. The first-order valence-electron chi connectivity index (χ1n) is 8.67. The van der Waals surface area contributed by atoms with Gasteiger partial charge in [-0.25, -0.2) is 0 Å². The second-order valence-corrected chi connectivity index (χ2v) is 6.43. The number of halogens is 1. The maximum absolute atomic E-state index is 13.1. The molecule has 0 saturated carbocycles. The fourth-order valence-electron chi connectivity index (χ4n) is 2.73. The summed E-state index contributed by atoms with van der Waals surface area (Å²) in [5.41, 5.74) is 2.72. The SMILES string of the molecule is COc1ccc(C=C(C(=O)Nc2cc(Cl)ccc2OC)c2ccccc2)cc1. The van der Waals surface area contributed by atoms with Gasteiger partial charge in [-0.3, -0.25) is 4.79 Å². The van der Waals surface area contributed by atoms with Crippen LogP contribution in [0.1, 0.15) is 11.1 Å². The average Bonchev–Trinajstić information content (AvgIpc) is 2.73. The Labute approximate surface area is 169 Å². The van der Waals surface area contributed by atoms with Crippen molar-refractivity contribution in [1.82, 2.24) is 0 Å². The summed E-state index contributed by atoms with van der Waals surface area (Å²) in [5.74, 6) is 1.03. The zero-order valence-electron chi connectivity index (χ0n) is 15.6. The number of hydrogen-bond donors (Lipinski definition) is 1. The Bertz CT molecular complexity index is 982. The Kier molecular flexibility index (Phi) is 6.35. The van der Waals surface area contributed by atoms with Crippen LogP contribution in [0.3, 0.4) is 0 Å². The number of nitrogens with one attached hydrogen (secondary N) is 1. The number of anilines is 1. The van der Waals surface area contributed by atoms with Crippen molar-refractivity contribution in [3.63, 3.8) is 0 Å². The van der Waals surface area contributed by atoms with Crippen molar-refractivity contribution in [2.45, 2.75) is 0 Å². The first kappa shape index (κ1) is 19.5. The van der Waals surface area contributed by atoms with Crippen LogP contribution in [-0.2, 0) is 4.79 Å². The van der Waals surface area contributed by atoms with Gasteiger partial charge in [0.15, 0.2) is 0 Å². The van der Waals surface area contributed by atoms with E-state index in [-0.39, 0.29) is 5.91 Å². The summed E-state index contributed by atoms with van der Waals surface area (Å²) in [6, 6.07) is 22.1. The van der Waals surface area contributed by atoms with Crippen LogP contribution in [0.15, 0.2) is 72.8 Å². The normalized spacial score (nSPS) is 11.0. The molecule has 0 atom stereocenters. The predicted molar refractivity (Wildman–Crippen MR) is 114 cm³/mol. The van der Waals surface area contributed by atoms with E-state index in [0.717, 1.165) is 16.9 Å². The molecule has 0 aliphatic rings. The summed E-state index contributed by atoms with van der Waals surface area (Å²) in [6.07, 6.45) is 1.83. The molecule has 0 radical (unpaired) electrons. The number of carbonyl (C=O) groups excluding carboxylic acids is 1. The molecular formula is C23H20ClNO3. The number of rotatable bonds is 6. The monoisotopic (exact) mass is 393 g/mol. The zero-order valence-corrected chi connectivity index (χ0v) is 16.4. The fraction of sp³-hybridized carbons (Fsp3) is 0.0870. The smallest absolute Gasteiger partial charge is 0.256 e.